The zero-order valence-electron chi connectivity index (χ0n) is 13.9. The summed E-state index contributed by atoms with van der Waals surface area (Å²) in [6.07, 6.45) is 0. The van der Waals surface area contributed by atoms with E-state index in [2.05, 4.69) is 48.9 Å². The monoisotopic (exact) mass is 289 g/mol. The van der Waals surface area contributed by atoms with Crippen LogP contribution in [0.1, 0.15) is 35.7 Å². The van der Waals surface area contributed by atoms with E-state index in [0.29, 0.717) is 5.92 Å². The number of anilines is 1. The van der Waals surface area contributed by atoms with Gasteiger partial charge in [-0.25, -0.2) is 0 Å². The van der Waals surface area contributed by atoms with Gasteiger partial charge in [-0.2, -0.15) is 0 Å². The summed E-state index contributed by atoms with van der Waals surface area (Å²) in [5.41, 5.74) is 3.13. The first kappa shape index (κ1) is 15.8. The minimum atomic E-state index is 0.0893. The predicted molar refractivity (Wildman–Crippen MR) is 88.3 cm³/mol. The van der Waals surface area contributed by atoms with Crippen LogP contribution in [0, 0.1) is 0 Å². The third-order valence-corrected chi connectivity index (χ3v) is 4.17. The molecule has 1 aliphatic heterocycles. The van der Waals surface area contributed by atoms with Gasteiger partial charge in [0.2, 0.25) is 0 Å². The normalized spacial score (nSPS) is 16.4. The molecule has 0 saturated carbocycles. The molecule has 2 rings (SSSR count). The third-order valence-electron chi connectivity index (χ3n) is 4.17. The van der Waals surface area contributed by atoms with Gasteiger partial charge in [0.1, 0.15) is 0 Å². The molecular formula is C17H27N3O. The number of carbonyl (C=O) groups is 1. The van der Waals surface area contributed by atoms with E-state index in [1.807, 2.05) is 14.1 Å². The molecule has 1 aliphatic rings. The number of nitrogens with zero attached hydrogens (tertiary/aromatic N) is 3. The fraction of sp³-hybridized carbons (Fsp3) is 0.588. The highest BCUT2D eigenvalue weighted by Gasteiger charge is 2.21. The summed E-state index contributed by atoms with van der Waals surface area (Å²) in [4.78, 5) is 18.9. The number of amides is 1. The molecule has 21 heavy (non-hydrogen) atoms. The summed E-state index contributed by atoms with van der Waals surface area (Å²) in [5.74, 6) is 0.520. The van der Waals surface area contributed by atoms with E-state index in [1.54, 1.807) is 4.90 Å². The highest BCUT2D eigenvalue weighted by atomic mass is 16.2. The van der Waals surface area contributed by atoms with Crippen molar-refractivity contribution in [3.8, 4) is 0 Å². The molecule has 0 radical (unpaired) electrons. The second-order valence-corrected chi connectivity index (χ2v) is 6.42. The average Bonchev–Trinajstić information content (AvgIpc) is 2.46. The Morgan fingerprint density at radius 3 is 2.29 bits per heavy atom. The van der Waals surface area contributed by atoms with Crippen molar-refractivity contribution < 1.29 is 4.79 Å². The highest BCUT2D eigenvalue weighted by Crippen LogP contribution is 2.27. The van der Waals surface area contributed by atoms with Crippen LogP contribution in [0.5, 0.6) is 0 Å². The fourth-order valence-corrected chi connectivity index (χ4v) is 2.65. The van der Waals surface area contributed by atoms with Gasteiger partial charge in [-0.05, 0) is 30.7 Å². The molecule has 1 saturated heterocycles. The molecule has 1 fully saturated rings. The lowest BCUT2D eigenvalue weighted by atomic mass is 9.98. The molecule has 0 unspecified atom stereocenters. The highest BCUT2D eigenvalue weighted by molar-refractivity contribution is 5.99. The Balaban J connectivity index is 2.37. The van der Waals surface area contributed by atoms with Gasteiger partial charge < -0.3 is 14.7 Å². The van der Waals surface area contributed by atoms with E-state index in [0.717, 1.165) is 37.4 Å². The lowest BCUT2D eigenvalue weighted by Gasteiger charge is -2.35. The zero-order chi connectivity index (χ0) is 15.6. The third kappa shape index (κ3) is 3.56. The Morgan fingerprint density at radius 2 is 1.76 bits per heavy atom. The van der Waals surface area contributed by atoms with E-state index >= 15 is 0 Å². The van der Waals surface area contributed by atoms with Crippen LogP contribution >= 0.6 is 0 Å². The van der Waals surface area contributed by atoms with E-state index in [1.165, 1.54) is 5.56 Å². The first-order chi connectivity index (χ1) is 9.90. The Hall–Kier alpha value is -1.55. The summed E-state index contributed by atoms with van der Waals surface area (Å²) in [7, 11) is 5.78. The summed E-state index contributed by atoms with van der Waals surface area (Å²) >= 11 is 0. The molecule has 1 heterocycles. The summed E-state index contributed by atoms with van der Waals surface area (Å²) < 4.78 is 0. The van der Waals surface area contributed by atoms with Crippen molar-refractivity contribution in [1.29, 1.82) is 0 Å². The zero-order valence-corrected chi connectivity index (χ0v) is 13.9. The minimum Gasteiger partial charge on any atom is -0.368 e. The van der Waals surface area contributed by atoms with Crippen molar-refractivity contribution >= 4 is 11.6 Å². The van der Waals surface area contributed by atoms with Gasteiger partial charge in [0, 0.05) is 46.0 Å². The lowest BCUT2D eigenvalue weighted by Crippen LogP contribution is -2.45. The maximum Gasteiger partial charge on any atom is 0.255 e. The molecule has 0 aromatic heterocycles. The van der Waals surface area contributed by atoms with Crippen LogP contribution in [0.15, 0.2) is 18.2 Å². The first-order valence-corrected chi connectivity index (χ1v) is 7.69. The van der Waals surface area contributed by atoms with Crippen molar-refractivity contribution in [3.05, 3.63) is 29.3 Å². The topological polar surface area (TPSA) is 26.8 Å². The van der Waals surface area contributed by atoms with Gasteiger partial charge in [-0.15, -0.1) is 0 Å². The standard InChI is InChI=1S/C17H27N3O/c1-13(2)14-6-7-16(15(12-14)17(21)18(3)4)20-10-8-19(5)9-11-20/h6-7,12-13H,8-11H2,1-5H3. The fourth-order valence-electron chi connectivity index (χ4n) is 2.65. The van der Waals surface area contributed by atoms with Crippen LogP contribution in [0.2, 0.25) is 0 Å². The van der Waals surface area contributed by atoms with Crippen molar-refractivity contribution in [2.75, 3.05) is 52.2 Å². The summed E-state index contributed by atoms with van der Waals surface area (Å²) in [6, 6.07) is 6.35. The molecule has 0 aliphatic carbocycles. The Morgan fingerprint density at radius 1 is 1.14 bits per heavy atom. The van der Waals surface area contributed by atoms with Crippen molar-refractivity contribution in [1.82, 2.24) is 9.80 Å². The van der Waals surface area contributed by atoms with Gasteiger partial charge in [0.15, 0.2) is 0 Å². The van der Waals surface area contributed by atoms with Crippen molar-refractivity contribution in [3.63, 3.8) is 0 Å². The minimum absolute atomic E-state index is 0.0893. The van der Waals surface area contributed by atoms with Gasteiger partial charge in [0.05, 0.1) is 5.56 Å². The van der Waals surface area contributed by atoms with Gasteiger partial charge >= 0.3 is 0 Å². The molecule has 1 aromatic carbocycles. The average molecular weight is 289 g/mol. The van der Waals surface area contributed by atoms with Gasteiger partial charge in [-0.1, -0.05) is 19.9 Å². The largest absolute Gasteiger partial charge is 0.368 e. The van der Waals surface area contributed by atoms with Crippen molar-refractivity contribution in [2.24, 2.45) is 0 Å². The molecular weight excluding hydrogens is 262 g/mol. The predicted octanol–water partition coefficient (Wildman–Crippen LogP) is 2.26. The number of piperazine rings is 1. The van der Waals surface area contributed by atoms with E-state index in [-0.39, 0.29) is 5.91 Å². The second-order valence-electron chi connectivity index (χ2n) is 6.42. The van der Waals surface area contributed by atoms with Crippen LogP contribution in [-0.4, -0.2) is 63.0 Å². The molecule has 4 nitrogen and oxygen atoms in total. The first-order valence-electron chi connectivity index (χ1n) is 7.69. The molecule has 1 amide bonds. The molecule has 0 spiro atoms. The van der Waals surface area contributed by atoms with Gasteiger partial charge in [-0.3, -0.25) is 4.79 Å². The molecule has 0 bridgehead atoms. The van der Waals surface area contributed by atoms with E-state index in [4.69, 9.17) is 0 Å². The molecule has 4 heteroatoms. The van der Waals surface area contributed by atoms with Crippen LogP contribution in [0.25, 0.3) is 0 Å². The van der Waals surface area contributed by atoms with Crippen LogP contribution in [0.3, 0.4) is 0 Å². The second kappa shape index (κ2) is 6.48. The molecule has 0 atom stereocenters. The van der Waals surface area contributed by atoms with E-state index < -0.39 is 0 Å². The van der Waals surface area contributed by atoms with Crippen LogP contribution in [-0.2, 0) is 0 Å². The lowest BCUT2D eigenvalue weighted by molar-refractivity contribution is 0.0828. The van der Waals surface area contributed by atoms with Crippen LogP contribution < -0.4 is 4.90 Å². The molecule has 0 N–H and O–H groups in total. The Kier molecular flexibility index (Phi) is 4.88. The number of benzene rings is 1. The van der Waals surface area contributed by atoms with Gasteiger partial charge in [0.25, 0.3) is 5.91 Å². The quantitative estimate of drug-likeness (QED) is 0.854. The number of rotatable bonds is 3. The number of likely N-dealkylation sites (N-methyl/N-ethyl adjacent to an activating group) is 1. The smallest absolute Gasteiger partial charge is 0.255 e. The SMILES string of the molecule is CC(C)c1ccc(N2CCN(C)CC2)c(C(=O)N(C)C)c1. The Labute approximate surface area is 128 Å². The van der Waals surface area contributed by atoms with Crippen molar-refractivity contribution in [2.45, 2.75) is 19.8 Å². The maximum absolute atomic E-state index is 12.5. The van der Waals surface area contributed by atoms with E-state index in [9.17, 15) is 4.79 Å². The number of hydrogen-bond donors (Lipinski definition) is 0. The molecule has 1 aromatic rings. The maximum atomic E-state index is 12.5. The summed E-state index contributed by atoms with van der Waals surface area (Å²) in [5, 5.41) is 0. The Bertz CT molecular complexity index is 503. The number of hydrogen-bond acceptors (Lipinski definition) is 3. The molecule has 116 valence electrons. The van der Waals surface area contributed by atoms with Crippen LogP contribution in [0.4, 0.5) is 5.69 Å². The summed E-state index contributed by atoms with van der Waals surface area (Å²) in [6.45, 7) is 8.36. The number of carbonyl (C=O) groups excluding carboxylic acids is 1.